The number of halogens is 2. The van der Waals surface area contributed by atoms with Gasteiger partial charge in [-0.05, 0) is 60.9 Å². The Hall–Kier alpha value is -3.22. The molecule has 8 heteroatoms. The van der Waals surface area contributed by atoms with Crippen LogP contribution in [0.1, 0.15) is 18.1 Å². The normalized spacial score (nSPS) is 11.4. The van der Waals surface area contributed by atoms with Gasteiger partial charge in [0.15, 0.2) is 6.61 Å². The summed E-state index contributed by atoms with van der Waals surface area (Å²) in [5, 5.41) is 3.93. The molecule has 184 valence electrons. The van der Waals surface area contributed by atoms with E-state index in [1.165, 1.54) is 4.90 Å². The van der Waals surface area contributed by atoms with E-state index in [4.69, 9.17) is 32.7 Å². The van der Waals surface area contributed by atoms with Crippen molar-refractivity contribution in [1.82, 2.24) is 10.2 Å². The molecule has 6 nitrogen and oxygen atoms in total. The number of benzene rings is 3. The zero-order valence-electron chi connectivity index (χ0n) is 19.7. The third kappa shape index (κ3) is 7.91. The summed E-state index contributed by atoms with van der Waals surface area (Å²) in [6, 6.07) is 21.0. The maximum atomic E-state index is 13.1. The zero-order chi connectivity index (χ0) is 25.2. The first kappa shape index (κ1) is 26.4. The molecule has 1 atom stereocenters. The second-order valence-electron chi connectivity index (χ2n) is 7.93. The second kappa shape index (κ2) is 13.0. The summed E-state index contributed by atoms with van der Waals surface area (Å²) in [4.78, 5) is 27.6. The topological polar surface area (TPSA) is 67.9 Å². The molecule has 3 aromatic carbocycles. The fraction of sp³-hybridized carbons (Fsp3) is 0.259. The molecule has 1 N–H and O–H groups in total. The fourth-order valence-corrected chi connectivity index (χ4v) is 3.74. The molecule has 0 radical (unpaired) electrons. The van der Waals surface area contributed by atoms with Gasteiger partial charge in [-0.3, -0.25) is 9.59 Å². The molecule has 0 aromatic heterocycles. The van der Waals surface area contributed by atoms with Crippen LogP contribution in [0, 0.1) is 0 Å². The maximum Gasteiger partial charge on any atom is 0.261 e. The quantitative estimate of drug-likeness (QED) is 0.383. The first-order chi connectivity index (χ1) is 16.9. The van der Waals surface area contributed by atoms with Gasteiger partial charge in [0.05, 0.1) is 12.1 Å². The van der Waals surface area contributed by atoms with Crippen molar-refractivity contribution in [3.8, 4) is 11.5 Å². The third-order valence-electron chi connectivity index (χ3n) is 5.49. The van der Waals surface area contributed by atoms with Gasteiger partial charge in [0.2, 0.25) is 5.91 Å². The van der Waals surface area contributed by atoms with Crippen molar-refractivity contribution in [2.24, 2.45) is 0 Å². The number of carbonyl (C=O) groups excluding carboxylic acids is 2. The lowest BCUT2D eigenvalue weighted by Gasteiger charge is -2.29. The van der Waals surface area contributed by atoms with E-state index in [9.17, 15) is 9.59 Å². The van der Waals surface area contributed by atoms with Gasteiger partial charge in [0.1, 0.15) is 17.5 Å². The molecule has 3 rings (SSSR count). The Labute approximate surface area is 215 Å². The Morgan fingerprint density at radius 3 is 2.26 bits per heavy atom. The van der Waals surface area contributed by atoms with Gasteiger partial charge >= 0.3 is 0 Å². The summed E-state index contributed by atoms with van der Waals surface area (Å²) in [6.07, 6.45) is 0.656. The average molecular weight is 515 g/mol. The van der Waals surface area contributed by atoms with E-state index in [1.807, 2.05) is 36.4 Å². The van der Waals surface area contributed by atoms with Crippen LogP contribution in [0.15, 0.2) is 72.8 Å². The van der Waals surface area contributed by atoms with Crippen LogP contribution in [0.25, 0.3) is 0 Å². The molecule has 0 spiro atoms. The number of carbonyl (C=O) groups is 2. The number of rotatable bonds is 11. The van der Waals surface area contributed by atoms with Gasteiger partial charge in [-0.15, -0.1) is 0 Å². The summed E-state index contributed by atoms with van der Waals surface area (Å²) in [5.74, 6) is 0.601. The van der Waals surface area contributed by atoms with E-state index in [0.29, 0.717) is 28.8 Å². The van der Waals surface area contributed by atoms with Gasteiger partial charge in [0, 0.05) is 18.1 Å². The van der Waals surface area contributed by atoms with Crippen LogP contribution in [0.4, 0.5) is 0 Å². The highest BCUT2D eigenvalue weighted by Gasteiger charge is 2.26. The summed E-state index contributed by atoms with van der Waals surface area (Å²) in [6.45, 7) is 2.12. The zero-order valence-corrected chi connectivity index (χ0v) is 21.2. The number of nitrogens with one attached hydrogen (secondary N) is 1. The van der Waals surface area contributed by atoms with E-state index in [-0.39, 0.29) is 25.0 Å². The molecule has 35 heavy (non-hydrogen) atoms. The number of hydrogen-bond acceptors (Lipinski definition) is 4. The molecular weight excluding hydrogens is 487 g/mol. The monoisotopic (exact) mass is 514 g/mol. The summed E-state index contributed by atoms with van der Waals surface area (Å²) >= 11 is 12.1. The third-order valence-corrected chi connectivity index (χ3v) is 6.06. The van der Waals surface area contributed by atoms with Crippen LogP contribution in [0.5, 0.6) is 11.5 Å². The molecule has 0 fully saturated rings. The molecule has 0 aliphatic heterocycles. The van der Waals surface area contributed by atoms with E-state index in [1.54, 1.807) is 50.4 Å². The lowest BCUT2D eigenvalue weighted by Crippen LogP contribution is -2.49. The van der Waals surface area contributed by atoms with Crippen LogP contribution in [-0.2, 0) is 22.6 Å². The Morgan fingerprint density at radius 1 is 0.943 bits per heavy atom. The van der Waals surface area contributed by atoms with Crippen molar-refractivity contribution in [1.29, 1.82) is 0 Å². The second-order valence-corrected chi connectivity index (χ2v) is 8.78. The fourth-order valence-electron chi connectivity index (χ4n) is 3.42. The number of nitrogens with zero attached hydrogens (tertiary/aromatic N) is 1. The predicted molar refractivity (Wildman–Crippen MR) is 138 cm³/mol. The first-order valence-electron chi connectivity index (χ1n) is 11.2. The SMILES string of the molecule is COc1ccc(CCNC(=O)C(C)N(Cc2ccc(Cl)cc2)C(=O)COc2ccccc2Cl)cc1. The van der Waals surface area contributed by atoms with Crippen molar-refractivity contribution in [3.05, 3.63) is 94.0 Å². The van der Waals surface area contributed by atoms with Crippen molar-refractivity contribution in [3.63, 3.8) is 0 Å². The molecule has 3 aromatic rings. The van der Waals surface area contributed by atoms with Gasteiger partial charge < -0.3 is 19.7 Å². The Balaban J connectivity index is 1.64. The van der Waals surface area contributed by atoms with Crippen LogP contribution in [0.3, 0.4) is 0 Å². The van der Waals surface area contributed by atoms with Crippen LogP contribution >= 0.6 is 23.2 Å². The molecule has 0 saturated heterocycles. The number of para-hydroxylation sites is 1. The van der Waals surface area contributed by atoms with Gasteiger partial charge in [-0.2, -0.15) is 0 Å². The molecule has 0 bridgehead atoms. The minimum Gasteiger partial charge on any atom is -0.497 e. The first-order valence-corrected chi connectivity index (χ1v) is 11.9. The maximum absolute atomic E-state index is 13.1. The van der Waals surface area contributed by atoms with E-state index < -0.39 is 6.04 Å². The van der Waals surface area contributed by atoms with Gasteiger partial charge in [-0.25, -0.2) is 0 Å². The summed E-state index contributed by atoms with van der Waals surface area (Å²) < 4.78 is 10.8. The minimum absolute atomic E-state index is 0.231. The van der Waals surface area contributed by atoms with Crippen molar-refractivity contribution < 1.29 is 19.1 Å². The molecule has 1 unspecified atom stereocenters. The smallest absolute Gasteiger partial charge is 0.261 e. The minimum atomic E-state index is -0.719. The largest absolute Gasteiger partial charge is 0.497 e. The lowest BCUT2D eigenvalue weighted by molar-refractivity contribution is -0.142. The molecule has 0 aliphatic carbocycles. The standard InChI is InChI=1S/C27H28Cl2N2O4/c1-19(27(33)30-16-15-20-9-13-23(34-2)14-10-20)31(17-21-7-11-22(28)12-8-21)26(32)18-35-25-6-4-3-5-24(25)29/h3-14,19H,15-18H2,1-2H3,(H,30,33). The predicted octanol–water partition coefficient (Wildman–Crippen LogP) is 5.16. The molecular formula is C27H28Cl2N2O4. The number of methoxy groups -OCH3 is 1. The van der Waals surface area contributed by atoms with Gasteiger partial charge in [0.25, 0.3) is 5.91 Å². The molecule has 0 aliphatic rings. The Morgan fingerprint density at radius 2 is 1.60 bits per heavy atom. The van der Waals surface area contributed by atoms with Crippen LogP contribution in [0.2, 0.25) is 10.0 Å². The number of ether oxygens (including phenoxy) is 2. The van der Waals surface area contributed by atoms with E-state index >= 15 is 0 Å². The molecule has 2 amide bonds. The highest BCUT2D eigenvalue weighted by atomic mass is 35.5. The van der Waals surface area contributed by atoms with Crippen molar-refractivity contribution in [2.45, 2.75) is 25.9 Å². The Bertz CT molecular complexity index is 1120. The van der Waals surface area contributed by atoms with Crippen molar-refractivity contribution >= 4 is 35.0 Å². The van der Waals surface area contributed by atoms with Crippen molar-refractivity contribution in [2.75, 3.05) is 20.3 Å². The number of amides is 2. The molecule has 0 saturated carbocycles. The lowest BCUT2D eigenvalue weighted by atomic mass is 10.1. The molecule has 0 heterocycles. The highest BCUT2D eigenvalue weighted by Crippen LogP contribution is 2.23. The van der Waals surface area contributed by atoms with E-state index in [0.717, 1.165) is 16.9 Å². The van der Waals surface area contributed by atoms with E-state index in [2.05, 4.69) is 5.32 Å². The summed E-state index contributed by atoms with van der Waals surface area (Å²) in [5.41, 5.74) is 1.92. The highest BCUT2D eigenvalue weighted by molar-refractivity contribution is 6.32. The average Bonchev–Trinajstić information content (AvgIpc) is 2.87. The summed E-state index contributed by atoms with van der Waals surface area (Å²) in [7, 11) is 1.62. The Kier molecular flexibility index (Phi) is 9.82. The number of hydrogen-bond donors (Lipinski definition) is 1. The van der Waals surface area contributed by atoms with Gasteiger partial charge in [-0.1, -0.05) is 59.6 Å². The van der Waals surface area contributed by atoms with Crippen LogP contribution in [-0.4, -0.2) is 43.0 Å². The van der Waals surface area contributed by atoms with Crippen LogP contribution < -0.4 is 14.8 Å².